The van der Waals surface area contributed by atoms with Gasteiger partial charge in [0.05, 0.1) is 11.3 Å². The van der Waals surface area contributed by atoms with Crippen LogP contribution in [0.3, 0.4) is 0 Å². The van der Waals surface area contributed by atoms with Crippen LogP contribution in [0.2, 0.25) is 10.0 Å². The highest BCUT2D eigenvalue weighted by Crippen LogP contribution is 2.33. The van der Waals surface area contributed by atoms with Gasteiger partial charge in [-0.1, -0.05) is 47.5 Å². The molecule has 0 bridgehead atoms. The Morgan fingerprint density at radius 1 is 0.933 bits per heavy atom. The van der Waals surface area contributed by atoms with Crippen LogP contribution in [0.1, 0.15) is 36.5 Å². The fourth-order valence-electron chi connectivity index (χ4n) is 3.31. The number of ketones is 1. The van der Waals surface area contributed by atoms with Crippen LogP contribution in [0.4, 0.5) is 0 Å². The molecule has 0 aliphatic rings. The van der Waals surface area contributed by atoms with Crippen LogP contribution < -0.4 is 5.56 Å². The van der Waals surface area contributed by atoms with Crippen molar-refractivity contribution in [1.29, 1.82) is 0 Å². The molecule has 0 unspecified atom stereocenters. The number of Topliss-reactive ketones (excluding diaryl/α,β-unsaturated/α-hetero) is 1. The van der Waals surface area contributed by atoms with Crippen molar-refractivity contribution in [2.75, 3.05) is 6.61 Å². The van der Waals surface area contributed by atoms with Crippen molar-refractivity contribution in [2.24, 2.45) is 0 Å². The zero-order chi connectivity index (χ0) is 21.7. The van der Waals surface area contributed by atoms with Crippen LogP contribution in [0.25, 0.3) is 22.4 Å². The van der Waals surface area contributed by atoms with E-state index in [1.165, 1.54) is 11.6 Å². The third-order valence-electron chi connectivity index (χ3n) is 4.79. The Labute approximate surface area is 184 Å². The Morgan fingerprint density at radius 3 is 2.03 bits per heavy atom. The SMILES string of the molecule is CC(=O)c1c(-c2ccc(Cl)cc2)c(-c2ccc(Cl)cc2)nn(CCCCCO)c1=O. The van der Waals surface area contributed by atoms with Gasteiger partial charge in [-0.25, -0.2) is 4.68 Å². The van der Waals surface area contributed by atoms with E-state index in [0.717, 1.165) is 12.0 Å². The average Bonchev–Trinajstić information content (AvgIpc) is 2.73. The third kappa shape index (κ3) is 4.98. The summed E-state index contributed by atoms with van der Waals surface area (Å²) in [6.45, 7) is 1.85. The fourth-order valence-corrected chi connectivity index (χ4v) is 3.56. The Morgan fingerprint density at radius 2 is 1.50 bits per heavy atom. The smallest absolute Gasteiger partial charge is 0.278 e. The van der Waals surface area contributed by atoms with Crippen molar-refractivity contribution in [3.63, 3.8) is 0 Å². The third-order valence-corrected chi connectivity index (χ3v) is 5.29. The second-order valence-electron chi connectivity index (χ2n) is 6.98. The van der Waals surface area contributed by atoms with Gasteiger partial charge in [-0.3, -0.25) is 9.59 Å². The van der Waals surface area contributed by atoms with Gasteiger partial charge in [0.1, 0.15) is 0 Å². The van der Waals surface area contributed by atoms with Gasteiger partial charge < -0.3 is 5.11 Å². The van der Waals surface area contributed by atoms with E-state index < -0.39 is 5.56 Å². The first-order valence-electron chi connectivity index (χ1n) is 9.71. The van der Waals surface area contributed by atoms with Crippen molar-refractivity contribution >= 4 is 29.0 Å². The van der Waals surface area contributed by atoms with E-state index >= 15 is 0 Å². The average molecular weight is 445 g/mol. The monoisotopic (exact) mass is 444 g/mol. The van der Waals surface area contributed by atoms with Crippen molar-refractivity contribution < 1.29 is 9.90 Å². The zero-order valence-electron chi connectivity index (χ0n) is 16.6. The number of carbonyl (C=O) groups is 1. The first-order chi connectivity index (χ1) is 14.4. The minimum absolute atomic E-state index is 0.0967. The predicted octanol–water partition coefficient (Wildman–Crippen LogP) is 5.25. The highest BCUT2D eigenvalue weighted by Gasteiger charge is 2.23. The molecule has 1 heterocycles. The maximum atomic E-state index is 13.2. The first kappa shape index (κ1) is 22.2. The summed E-state index contributed by atoms with van der Waals surface area (Å²) in [6.07, 6.45) is 2.08. The van der Waals surface area contributed by atoms with Gasteiger partial charge in [0.25, 0.3) is 5.56 Å². The predicted molar refractivity (Wildman–Crippen MR) is 120 cm³/mol. The Hall–Kier alpha value is -2.47. The van der Waals surface area contributed by atoms with Crippen LogP contribution in [0, 0.1) is 0 Å². The van der Waals surface area contributed by atoms with Crippen LogP contribution in [-0.2, 0) is 6.54 Å². The summed E-state index contributed by atoms with van der Waals surface area (Å²) in [4.78, 5) is 25.7. The summed E-state index contributed by atoms with van der Waals surface area (Å²) in [7, 11) is 0. The number of carbonyl (C=O) groups excluding carboxylic acids is 1. The summed E-state index contributed by atoms with van der Waals surface area (Å²) in [5.41, 5.74) is 2.12. The van der Waals surface area contributed by atoms with Crippen molar-refractivity contribution in [3.05, 3.63) is 74.5 Å². The first-order valence-corrected chi connectivity index (χ1v) is 10.5. The van der Waals surface area contributed by atoms with E-state index in [4.69, 9.17) is 28.3 Å². The molecule has 0 aliphatic carbocycles. The minimum Gasteiger partial charge on any atom is -0.396 e. The summed E-state index contributed by atoms with van der Waals surface area (Å²) < 4.78 is 1.34. The van der Waals surface area contributed by atoms with E-state index in [-0.39, 0.29) is 18.0 Å². The molecule has 0 radical (unpaired) electrons. The number of aliphatic hydroxyl groups is 1. The Bertz CT molecular complexity index is 1090. The number of hydrogen-bond acceptors (Lipinski definition) is 4. The Balaban J connectivity index is 2.25. The van der Waals surface area contributed by atoms with Gasteiger partial charge >= 0.3 is 0 Å². The van der Waals surface area contributed by atoms with Gasteiger partial charge in [0, 0.05) is 34.3 Å². The number of unbranched alkanes of at least 4 members (excludes halogenated alkanes) is 2. The van der Waals surface area contributed by atoms with E-state index in [1.54, 1.807) is 36.4 Å². The van der Waals surface area contributed by atoms with Crippen LogP contribution in [0.5, 0.6) is 0 Å². The van der Waals surface area contributed by atoms with E-state index in [9.17, 15) is 9.59 Å². The molecule has 2 aromatic carbocycles. The molecule has 30 heavy (non-hydrogen) atoms. The van der Waals surface area contributed by atoms with E-state index in [0.29, 0.717) is 46.3 Å². The number of benzene rings is 2. The lowest BCUT2D eigenvalue weighted by atomic mass is 9.94. The number of aliphatic hydroxyl groups excluding tert-OH is 1. The molecule has 0 amide bonds. The van der Waals surface area contributed by atoms with Crippen molar-refractivity contribution in [3.8, 4) is 22.4 Å². The molecule has 156 valence electrons. The lowest BCUT2D eigenvalue weighted by Crippen LogP contribution is -2.30. The van der Waals surface area contributed by atoms with Gasteiger partial charge in [0.2, 0.25) is 0 Å². The number of halogens is 2. The van der Waals surface area contributed by atoms with Gasteiger partial charge in [-0.2, -0.15) is 5.10 Å². The molecule has 5 nitrogen and oxygen atoms in total. The Kier molecular flexibility index (Phi) is 7.43. The van der Waals surface area contributed by atoms with Crippen LogP contribution in [-0.4, -0.2) is 27.3 Å². The maximum absolute atomic E-state index is 13.2. The number of hydrogen-bond donors (Lipinski definition) is 1. The minimum atomic E-state index is -0.422. The molecule has 1 aromatic heterocycles. The lowest BCUT2D eigenvalue weighted by Gasteiger charge is -2.16. The molecule has 7 heteroatoms. The lowest BCUT2D eigenvalue weighted by molar-refractivity contribution is 0.101. The molecule has 0 atom stereocenters. The van der Waals surface area contributed by atoms with Gasteiger partial charge in [-0.15, -0.1) is 0 Å². The molecule has 0 saturated carbocycles. The van der Waals surface area contributed by atoms with Crippen molar-refractivity contribution in [1.82, 2.24) is 9.78 Å². The molecular formula is C23H22Cl2N2O3. The van der Waals surface area contributed by atoms with E-state index in [1.807, 2.05) is 12.1 Å². The molecule has 0 saturated heterocycles. The standard InChI is InChI=1S/C23H22Cl2N2O3/c1-15(29)20-21(16-5-9-18(24)10-6-16)22(17-7-11-19(25)12-8-17)26-27(23(20)30)13-3-2-4-14-28/h5-12,28H,2-4,13-14H2,1H3. The molecule has 3 rings (SSSR count). The van der Waals surface area contributed by atoms with E-state index in [2.05, 4.69) is 5.10 Å². The highest BCUT2D eigenvalue weighted by molar-refractivity contribution is 6.31. The molecule has 0 aliphatic heterocycles. The summed E-state index contributed by atoms with van der Waals surface area (Å²) in [5, 5.41) is 14.7. The molecular weight excluding hydrogens is 423 g/mol. The van der Waals surface area contributed by atoms with Crippen molar-refractivity contribution in [2.45, 2.75) is 32.7 Å². The highest BCUT2D eigenvalue weighted by atomic mass is 35.5. The zero-order valence-corrected chi connectivity index (χ0v) is 18.1. The van der Waals surface area contributed by atoms with Gasteiger partial charge in [0.15, 0.2) is 5.78 Å². The molecule has 0 fully saturated rings. The normalized spacial score (nSPS) is 10.9. The summed E-state index contributed by atoms with van der Waals surface area (Å²) in [5.74, 6) is -0.327. The second kappa shape index (κ2) is 10.0. The summed E-state index contributed by atoms with van der Waals surface area (Å²) in [6, 6.07) is 14.1. The number of rotatable bonds is 8. The van der Waals surface area contributed by atoms with Gasteiger partial charge in [-0.05, 0) is 56.0 Å². The summed E-state index contributed by atoms with van der Waals surface area (Å²) >= 11 is 12.1. The number of aryl methyl sites for hydroxylation is 1. The molecule has 1 N–H and O–H groups in total. The quantitative estimate of drug-likeness (QED) is 0.380. The van der Waals surface area contributed by atoms with Crippen LogP contribution >= 0.6 is 23.2 Å². The van der Waals surface area contributed by atoms with Crippen LogP contribution in [0.15, 0.2) is 53.3 Å². The largest absolute Gasteiger partial charge is 0.396 e. The number of aromatic nitrogens is 2. The number of nitrogens with zero attached hydrogens (tertiary/aromatic N) is 2. The molecule has 3 aromatic rings. The fraction of sp³-hybridized carbons (Fsp3) is 0.261. The topological polar surface area (TPSA) is 72.2 Å². The molecule has 0 spiro atoms. The maximum Gasteiger partial charge on any atom is 0.278 e. The second-order valence-corrected chi connectivity index (χ2v) is 7.85.